The molecule has 63 heavy (non-hydrogen) atoms. The van der Waals surface area contributed by atoms with Crippen molar-refractivity contribution >= 4 is 34.1 Å². The van der Waals surface area contributed by atoms with E-state index in [1.165, 1.54) is 119 Å². The van der Waals surface area contributed by atoms with Crippen LogP contribution >= 0.6 is 0 Å². The summed E-state index contributed by atoms with van der Waals surface area (Å²) in [5.74, 6) is 2.54. The van der Waals surface area contributed by atoms with Crippen LogP contribution in [0.2, 0.25) is 0 Å². The summed E-state index contributed by atoms with van der Waals surface area (Å²) in [6, 6.07) is 63.3. The Kier molecular flexibility index (Phi) is 9.33. The van der Waals surface area contributed by atoms with Gasteiger partial charge in [0.2, 0.25) is 0 Å². The molecule has 0 bridgehead atoms. The van der Waals surface area contributed by atoms with Gasteiger partial charge in [-0.05, 0) is 173 Å². The van der Waals surface area contributed by atoms with Crippen LogP contribution in [-0.2, 0) is 23.7 Å². The maximum absolute atomic E-state index is 2.63. The number of benzene rings is 7. The van der Waals surface area contributed by atoms with Gasteiger partial charge in [0, 0.05) is 33.6 Å². The molecule has 5 unspecified atom stereocenters. The summed E-state index contributed by atoms with van der Waals surface area (Å²) in [6.07, 6.45) is 12.8. The van der Waals surface area contributed by atoms with E-state index in [4.69, 9.17) is 0 Å². The summed E-state index contributed by atoms with van der Waals surface area (Å²) in [6.45, 7) is 7.21. The molecule has 5 aliphatic carbocycles. The van der Waals surface area contributed by atoms with Crippen LogP contribution in [0.25, 0.3) is 11.1 Å². The Morgan fingerprint density at radius 1 is 0.476 bits per heavy atom. The van der Waals surface area contributed by atoms with Crippen molar-refractivity contribution in [1.82, 2.24) is 0 Å². The van der Waals surface area contributed by atoms with Gasteiger partial charge < -0.3 is 9.80 Å². The van der Waals surface area contributed by atoms with Crippen molar-refractivity contribution in [2.75, 3.05) is 9.80 Å². The largest absolute Gasteiger partial charge is 0.310 e. The molecular formula is C61H60N2. The molecule has 7 aromatic rings. The van der Waals surface area contributed by atoms with Gasteiger partial charge in [-0.2, -0.15) is 0 Å². The third-order valence-corrected chi connectivity index (χ3v) is 16.8. The van der Waals surface area contributed by atoms with E-state index in [2.05, 4.69) is 194 Å². The molecule has 5 atom stereocenters. The Labute approximate surface area is 375 Å². The highest BCUT2D eigenvalue weighted by Crippen LogP contribution is 2.67. The monoisotopic (exact) mass is 820 g/mol. The first-order valence-electron chi connectivity index (χ1n) is 24.3. The van der Waals surface area contributed by atoms with Gasteiger partial charge in [-0.25, -0.2) is 0 Å². The summed E-state index contributed by atoms with van der Waals surface area (Å²) >= 11 is 0. The highest BCUT2D eigenvalue weighted by Gasteiger charge is 2.60. The molecule has 2 fully saturated rings. The Bertz CT molecular complexity index is 2810. The zero-order valence-corrected chi connectivity index (χ0v) is 37.4. The molecule has 5 aliphatic rings. The minimum atomic E-state index is -0.112. The molecule has 7 aromatic carbocycles. The summed E-state index contributed by atoms with van der Waals surface area (Å²) in [4.78, 5) is 5.25. The lowest BCUT2D eigenvalue weighted by Gasteiger charge is -2.46. The number of hydrogen-bond donors (Lipinski definition) is 0. The lowest BCUT2D eigenvalue weighted by atomic mass is 9.58. The van der Waals surface area contributed by atoms with Crippen molar-refractivity contribution in [2.45, 2.75) is 102 Å². The predicted octanol–water partition coefficient (Wildman–Crippen LogP) is 16.4. The van der Waals surface area contributed by atoms with Gasteiger partial charge in [-0.15, -0.1) is 0 Å². The Morgan fingerprint density at radius 3 is 1.65 bits per heavy atom. The quantitative estimate of drug-likeness (QED) is 0.151. The highest BCUT2D eigenvalue weighted by molar-refractivity contribution is 5.89. The van der Waals surface area contributed by atoms with Crippen LogP contribution in [0, 0.1) is 17.8 Å². The minimum Gasteiger partial charge on any atom is -0.310 e. The van der Waals surface area contributed by atoms with E-state index in [1.807, 2.05) is 0 Å². The zero-order chi connectivity index (χ0) is 42.3. The van der Waals surface area contributed by atoms with E-state index >= 15 is 0 Å². The lowest BCUT2D eigenvalue weighted by molar-refractivity contribution is 0.177. The summed E-state index contributed by atoms with van der Waals surface area (Å²) in [7, 11) is 0. The normalized spacial score (nSPS) is 23.5. The van der Waals surface area contributed by atoms with Crippen molar-refractivity contribution < 1.29 is 0 Å². The molecule has 2 heteroatoms. The van der Waals surface area contributed by atoms with Crippen molar-refractivity contribution in [3.05, 3.63) is 203 Å². The SMILES string of the molecule is CCC1CCCCC1c1ccc(N(c2ccccc2)c2cccc3c2C24c5c(cccc5N(c5ccccc5)c5ccc6c(c5)C(C)(C)c5ccccc5-6)CC2CCCC4C3)cc1. The number of nitrogens with zero attached hydrogens (tertiary/aromatic N) is 2. The van der Waals surface area contributed by atoms with Gasteiger partial charge in [0.05, 0.1) is 11.4 Å². The molecule has 0 heterocycles. The Morgan fingerprint density at radius 2 is 1.02 bits per heavy atom. The maximum atomic E-state index is 2.63. The molecule has 12 rings (SSSR count). The maximum Gasteiger partial charge on any atom is 0.0505 e. The average Bonchev–Trinajstić information content (AvgIpc) is 3.95. The number of hydrogen-bond acceptors (Lipinski definition) is 2. The molecule has 0 saturated heterocycles. The molecule has 314 valence electrons. The summed E-state index contributed by atoms with van der Waals surface area (Å²) in [5.41, 5.74) is 20.8. The molecule has 1 spiro atoms. The van der Waals surface area contributed by atoms with Crippen molar-refractivity contribution in [3.8, 4) is 11.1 Å². The highest BCUT2D eigenvalue weighted by atomic mass is 15.2. The minimum absolute atomic E-state index is 0.0896. The number of fused-ring (bicyclic) bond motifs is 5. The first kappa shape index (κ1) is 38.8. The fourth-order valence-corrected chi connectivity index (χ4v) is 14.1. The van der Waals surface area contributed by atoms with Gasteiger partial charge in [0.15, 0.2) is 0 Å². The third-order valence-electron chi connectivity index (χ3n) is 16.8. The van der Waals surface area contributed by atoms with Crippen molar-refractivity contribution in [2.24, 2.45) is 17.8 Å². The molecule has 0 radical (unpaired) electrons. The average molecular weight is 821 g/mol. The molecule has 0 aromatic heterocycles. The standard InChI is InChI=1S/C61H60N2/c1-4-41-18-11-12-27-51(41)42-32-34-49(35-33-42)62(47-23-7-5-8-24-47)56-30-15-19-43-38-45-21-17-22-46-39-44-20-16-31-57(59(44)61(45,46)58(43)56)63(48-25-9-6-10-26-48)50-36-37-53-52-28-13-14-29-54(52)60(2,3)55(53)40-50/h5-10,13-16,19-20,23-26,28-37,40-41,45-46,51H,4,11-12,17-18,21-22,27,38-39H2,1-3H3. The van der Waals surface area contributed by atoms with Crippen LogP contribution in [0.4, 0.5) is 34.1 Å². The van der Waals surface area contributed by atoms with E-state index in [9.17, 15) is 0 Å². The molecule has 0 aliphatic heterocycles. The third kappa shape index (κ3) is 5.89. The van der Waals surface area contributed by atoms with Crippen LogP contribution in [0.5, 0.6) is 0 Å². The Balaban J connectivity index is 1.06. The number of para-hydroxylation sites is 2. The van der Waals surface area contributed by atoms with Crippen LogP contribution < -0.4 is 9.80 Å². The van der Waals surface area contributed by atoms with Crippen LogP contribution in [0.1, 0.15) is 117 Å². The lowest BCUT2D eigenvalue weighted by Crippen LogP contribution is -2.42. The summed E-state index contributed by atoms with van der Waals surface area (Å²) in [5, 5.41) is 0. The molecule has 0 amide bonds. The smallest absolute Gasteiger partial charge is 0.0505 e. The predicted molar refractivity (Wildman–Crippen MR) is 264 cm³/mol. The molecule has 0 N–H and O–H groups in total. The topological polar surface area (TPSA) is 6.48 Å². The van der Waals surface area contributed by atoms with E-state index in [-0.39, 0.29) is 10.8 Å². The van der Waals surface area contributed by atoms with Crippen molar-refractivity contribution in [1.29, 1.82) is 0 Å². The number of rotatable bonds is 8. The van der Waals surface area contributed by atoms with E-state index in [0.29, 0.717) is 17.8 Å². The van der Waals surface area contributed by atoms with Crippen LogP contribution in [0.15, 0.2) is 164 Å². The van der Waals surface area contributed by atoms with Gasteiger partial charge in [0.1, 0.15) is 0 Å². The van der Waals surface area contributed by atoms with Gasteiger partial charge in [-0.1, -0.05) is 150 Å². The number of anilines is 6. The second-order valence-electron chi connectivity index (χ2n) is 20.1. The first-order chi connectivity index (χ1) is 31.0. The van der Waals surface area contributed by atoms with Gasteiger partial charge in [0.25, 0.3) is 0 Å². The van der Waals surface area contributed by atoms with E-state index in [1.54, 1.807) is 16.7 Å². The van der Waals surface area contributed by atoms with E-state index < -0.39 is 0 Å². The first-order valence-corrected chi connectivity index (χ1v) is 24.3. The summed E-state index contributed by atoms with van der Waals surface area (Å²) < 4.78 is 0. The second kappa shape index (κ2) is 15.2. The van der Waals surface area contributed by atoms with Crippen molar-refractivity contribution in [3.63, 3.8) is 0 Å². The second-order valence-corrected chi connectivity index (χ2v) is 20.1. The van der Waals surface area contributed by atoms with Gasteiger partial charge in [-0.3, -0.25) is 0 Å². The van der Waals surface area contributed by atoms with Crippen LogP contribution in [0.3, 0.4) is 0 Å². The fourth-order valence-electron chi connectivity index (χ4n) is 14.1. The fraction of sp³-hybridized carbons (Fsp3) is 0.311. The molecule has 2 saturated carbocycles. The zero-order valence-electron chi connectivity index (χ0n) is 37.4. The Hall–Kier alpha value is -5.86. The van der Waals surface area contributed by atoms with E-state index in [0.717, 1.165) is 18.8 Å². The van der Waals surface area contributed by atoms with Crippen LogP contribution in [-0.4, -0.2) is 0 Å². The van der Waals surface area contributed by atoms with Gasteiger partial charge >= 0.3 is 0 Å². The molecule has 2 nitrogen and oxygen atoms in total. The molecular weight excluding hydrogens is 761 g/mol.